The molecule has 0 aliphatic carbocycles. The van der Waals surface area contributed by atoms with Crippen LogP contribution in [0.25, 0.3) is 11.3 Å². The third kappa shape index (κ3) is 2.36. The molecule has 1 aromatic carbocycles. The van der Waals surface area contributed by atoms with E-state index in [-0.39, 0.29) is 12.3 Å². The minimum Gasteiger partial charge on any atom is -0.491 e. The predicted octanol–water partition coefficient (Wildman–Crippen LogP) is 2.65. The van der Waals surface area contributed by atoms with Crippen molar-refractivity contribution in [1.82, 2.24) is 4.98 Å². The first-order valence-corrected chi connectivity index (χ1v) is 5.74. The molecule has 0 saturated carbocycles. The smallest absolute Gasteiger partial charge is 0.208 e. The molecule has 0 atom stereocenters. The Morgan fingerprint density at radius 1 is 1.44 bits per heavy atom. The molecular weight excluding hydrogens is 235 g/mol. The van der Waals surface area contributed by atoms with E-state index in [4.69, 9.17) is 14.9 Å². The number of nitrogens with two attached hydrogens (primary N) is 1. The van der Waals surface area contributed by atoms with Gasteiger partial charge in [-0.2, -0.15) is 0 Å². The summed E-state index contributed by atoms with van der Waals surface area (Å²) >= 11 is 0. The van der Waals surface area contributed by atoms with E-state index in [1.165, 1.54) is 6.07 Å². The Kier molecular flexibility index (Phi) is 3.62. The molecule has 0 saturated heterocycles. The van der Waals surface area contributed by atoms with Crippen molar-refractivity contribution >= 4 is 0 Å². The highest BCUT2D eigenvalue weighted by molar-refractivity contribution is 5.62. The SMILES string of the molecule is CCOc1ccc(-c2nc(CN)oc2C)cc1F. The lowest BCUT2D eigenvalue weighted by atomic mass is 10.1. The molecule has 0 spiro atoms. The first kappa shape index (κ1) is 12.6. The minimum atomic E-state index is -0.411. The first-order valence-electron chi connectivity index (χ1n) is 5.74. The number of benzene rings is 1. The van der Waals surface area contributed by atoms with Crippen molar-refractivity contribution in [1.29, 1.82) is 0 Å². The van der Waals surface area contributed by atoms with Crippen LogP contribution >= 0.6 is 0 Å². The number of halogens is 1. The summed E-state index contributed by atoms with van der Waals surface area (Å²) in [5, 5.41) is 0. The van der Waals surface area contributed by atoms with Crippen LogP contribution in [-0.2, 0) is 6.54 Å². The monoisotopic (exact) mass is 250 g/mol. The first-order chi connectivity index (χ1) is 8.65. The quantitative estimate of drug-likeness (QED) is 0.906. The van der Waals surface area contributed by atoms with Gasteiger partial charge in [-0.25, -0.2) is 9.37 Å². The highest BCUT2D eigenvalue weighted by atomic mass is 19.1. The van der Waals surface area contributed by atoms with E-state index >= 15 is 0 Å². The maximum absolute atomic E-state index is 13.7. The van der Waals surface area contributed by atoms with Gasteiger partial charge in [-0.05, 0) is 32.0 Å². The van der Waals surface area contributed by atoms with Crippen LogP contribution in [0.5, 0.6) is 5.75 Å². The molecule has 0 radical (unpaired) electrons. The van der Waals surface area contributed by atoms with Gasteiger partial charge in [-0.15, -0.1) is 0 Å². The second-order valence-corrected chi connectivity index (χ2v) is 3.79. The van der Waals surface area contributed by atoms with Crippen molar-refractivity contribution in [2.45, 2.75) is 20.4 Å². The van der Waals surface area contributed by atoms with Crippen LogP contribution in [0, 0.1) is 12.7 Å². The van der Waals surface area contributed by atoms with Gasteiger partial charge in [0.15, 0.2) is 11.6 Å². The van der Waals surface area contributed by atoms with Gasteiger partial charge in [-0.1, -0.05) is 0 Å². The normalized spacial score (nSPS) is 10.7. The molecule has 5 heteroatoms. The van der Waals surface area contributed by atoms with E-state index in [0.717, 1.165) is 0 Å². The topological polar surface area (TPSA) is 61.3 Å². The number of aromatic nitrogens is 1. The van der Waals surface area contributed by atoms with E-state index in [9.17, 15) is 4.39 Å². The molecule has 2 rings (SSSR count). The maximum atomic E-state index is 13.7. The molecule has 0 unspecified atom stereocenters. The van der Waals surface area contributed by atoms with Gasteiger partial charge < -0.3 is 14.9 Å². The van der Waals surface area contributed by atoms with Gasteiger partial charge in [0.25, 0.3) is 0 Å². The molecule has 96 valence electrons. The lowest BCUT2D eigenvalue weighted by Gasteiger charge is -2.05. The summed E-state index contributed by atoms with van der Waals surface area (Å²) in [7, 11) is 0. The summed E-state index contributed by atoms with van der Waals surface area (Å²) in [6.07, 6.45) is 0. The van der Waals surface area contributed by atoms with Crippen LogP contribution in [0.15, 0.2) is 22.6 Å². The summed E-state index contributed by atoms with van der Waals surface area (Å²) in [6.45, 7) is 4.23. The Morgan fingerprint density at radius 3 is 2.78 bits per heavy atom. The van der Waals surface area contributed by atoms with Gasteiger partial charge in [0.2, 0.25) is 5.89 Å². The van der Waals surface area contributed by atoms with Crippen LogP contribution in [-0.4, -0.2) is 11.6 Å². The molecule has 1 heterocycles. The number of ether oxygens (including phenoxy) is 1. The fraction of sp³-hybridized carbons (Fsp3) is 0.308. The number of aryl methyl sites for hydroxylation is 1. The second kappa shape index (κ2) is 5.18. The Hall–Kier alpha value is -1.88. The molecule has 0 aliphatic rings. The average molecular weight is 250 g/mol. The Bertz CT molecular complexity index is 552. The van der Waals surface area contributed by atoms with E-state index in [1.807, 2.05) is 6.92 Å². The number of rotatable bonds is 4. The third-order valence-corrected chi connectivity index (χ3v) is 2.52. The minimum absolute atomic E-state index is 0.223. The Labute approximate surface area is 105 Å². The number of oxazole rings is 1. The van der Waals surface area contributed by atoms with Crippen LogP contribution in [0.1, 0.15) is 18.6 Å². The van der Waals surface area contributed by atoms with Crippen molar-refractivity contribution in [2.75, 3.05) is 6.61 Å². The fourth-order valence-corrected chi connectivity index (χ4v) is 1.73. The van der Waals surface area contributed by atoms with Crippen LogP contribution in [0.2, 0.25) is 0 Å². The van der Waals surface area contributed by atoms with Crippen LogP contribution < -0.4 is 10.5 Å². The van der Waals surface area contributed by atoms with E-state index in [2.05, 4.69) is 4.98 Å². The van der Waals surface area contributed by atoms with E-state index in [0.29, 0.717) is 29.5 Å². The van der Waals surface area contributed by atoms with Gasteiger partial charge in [0.05, 0.1) is 13.2 Å². The van der Waals surface area contributed by atoms with Crippen molar-refractivity contribution in [3.63, 3.8) is 0 Å². The maximum Gasteiger partial charge on any atom is 0.208 e. The zero-order chi connectivity index (χ0) is 13.1. The molecule has 0 fully saturated rings. The summed E-state index contributed by atoms with van der Waals surface area (Å²) in [5.41, 5.74) is 6.71. The summed E-state index contributed by atoms with van der Waals surface area (Å²) in [5.74, 6) is 0.892. The molecule has 18 heavy (non-hydrogen) atoms. The standard InChI is InChI=1S/C13H15FN2O2/c1-3-17-11-5-4-9(6-10(11)14)13-8(2)18-12(7-15)16-13/h4-6H,3,7,15H2,1-2H3. The van der Waals surface area contributed by atoms with E-state index in [1.54, 1.807) is 19.1 Å². The molecule has 0 aliphatic heterocycles. The van der Waals surface area contributed by atoms with Crippen LogP contribution in [0.3, 0.4) is 0 Å². The highest BCUT2D eigenvalue weighted by Crippen LogP contribution is 2.27. The Balaban J connectivity index is 2.38. The largest absolute Gasteiger partial charge is 0.491 e. The highest BCUT2D eigenvalue weighted by Gasteiger charge is 2.13. The number of hydrogen-bond acceptors (Lipinski definition) is 4. The molecule has 2 aromatic rings. The molecule has 0 amide bonds. The van der Waals surface area contributed by atoms with Crippen molar-refractivity contribution in [2.24, 2.45) is 5.73 Å². The van der Waals surface area contributed by atoms with E-state index < -0.39 is 5.82 Å². The lowest BCUT2D eigenvalue weighted by molar-refractivity contribution is 0.321. The lowest BCUT2D eigenvalue weighted by Crippen LogP contribution is -1.96. The average Bonchev–Trinajstić information content (AvgIpc) is 2.73. The molecular formula is C13H15FN2O2. The van der Waals surface area contributed by atoms with Crippen molar-refractivity contribution in [3.8, 4) is 17.0 Å². The summed E-state index contributed by atoms with van der Waals surface area (Å²) < 4.78 is 24.2. The number of hydrogen-bond donors (Lipinski definition) is 1. The van der Waals surface area contributed by atoms with Gasteiger partial charge >= 0.3 is 0 Å². The molecule has 4 nitrogen and oxygen atoms in total. The molecule has 2 N–H and O–H groups in total. The van der Waals surface area contributed by atoms with Crippen molar-refractivity contribution in [3.05, 3.63) is 35.7 Å². The van der Waals surface area contributed by atoms with Crippen LogP contribution in [0.4, 0.5) is 4.39 Å². The summed E-state index contributed by atoms with van der Waals surface area (Å²) in [6, 6.07) is 4.72. The second-order valence-electron chi connectivity index (χ2n) is 3.79. The predicted molar refractivity (Wildman–Crippen MR) is 65.7 cm³/mol. The molecule has 1 aromatic heterocycles. The van der Waals surface area contributed by atoms with Gasteiger partial charge in [-0.3, -0.25) is 0 Å². The zero-order valence-electron chi connectivity index (χ0n) is 10.4. The fourth-order valence-electron chi connectivity index (χ4n) is 1.73. The van der Waals surface area contributed by atoms with Gasteiger partial charge in [0.1, 0.15) is 11.5 Å². The number of nitrogens with zero attached hydrogens (tertiary/aromatic N) is 1. The van der Waals surface area contributed by atoms with Crippen molar-refractivity contribution < 1.29 is 13.5 Å². The zero-order valence-corrected chi connectivity index (χ0v) is 10.4. The van der Waals surface area contributed by atoms with Gasteiger partial charge in [0, 0.05) is 5.56 Å². The summed E-state index contributed by atoms with van der Waals surface area (Å²) in [4.78, 5) is 4.22. The third-order valence-electron chi connectivity index (χ3n) is 2.52. The molecule has 0 bridgehead atoms. The Morgan fingerprint density at radius 2 is 2.22 bits per heavy atom.